The molecular formula is C14H22N4S. The average molecular weight is 278 g/mol. The zero-order valence-corrected chi connectivity index (χ0v) is 12.5. The first-order valence-electron chi connectivity index (χ1n) is 6.83. The van der Waals surface area contributed by atoms with Gasteiger partial charge in [-0.3, -0.25) is 4.90 Å². The summed E-state index contributed by atoms with van der Waals surface area (Å²) in [5.74, 6) is 0.975. The van der Waals surface area contributed by atoms with Crippen LogP contribution in [0.25, 0.3) is 0 Å². The Morgan fingerprint density at radius 2 is 2.37 bits per heavy atom. The Bertz CT molecular complexity index is 432. The Hall–Kier alpha value is -1.20. The van der Waals surface area contributed by atoms with Gasteiger partial charge in [0.1, 0.15) is 10.8 Å². The highest BCUT2D eigenvalue weighted by atomic mass is 32.1. The first-order chi connectivity index (χ1) is 9.11. The molecule has 19 heavy (non-hydrogen) atoms. The van der Waals surface area contributed by atoms with Gasteiger partial charge in [-0.1, -0.05) is 19.1 Å². The standard InChI is InChI=1S/C14H22N4S/c1-3-18-8-4-5-12(18)10-17(2)13-7-6-11(9-16-13)14(15)19/h6-7,9,12H,3-5,8,10H2,1-2H3,(H2,15,19). The summed E-state index contributed by atoms with van der Waals surface area (Å²) in [6.07, 6.45) is 4.34. The molecule has 5 heteroatoms. The van der Waals surface area contributed by atoms with E-state index in [0.29, 0.717) is 11.0 Å². The Morgan fingerprint density at radius 1 is 1.58 bits per heavy atom. The highest BCUT2D eigenvalue weighted by Crippen LogP contribution is 2.19. The lowest BCUT2D eigenvalue weighted by Crippen LogP contribution is -2.39. The summed E-state index contributed by atoms with van der Waals surface area (Å²) in [5.41, 5.74) is 6.40. The SMILES string of the molecule is CCN1CCCC1CN(C)c1ccc(C(N)=S)cn1. The van der Waals surface area contributed by atoms with E-state index in [1.54, 1.807) is 6.20 Å². The van der Waals surface area contributed by atoms with Gasteiger partial charge in [-0.2, -0.15) is 0 Å². The number of likely N-dealkylation sites (tertiary alicyclic amines) is 1. The van der Waals surface area contributed by atoms with Crippen LogP contribution < -0.4 is 10.6 Å². The first kappa shape index (κ1) is 14.2. The molecule has 1 aromatic rings. The van der Waals surface area contributed by atoms with Crippen LogP contribution in [0.2, 0.25) is 0 Å². The number of nitrogens with zero attached hydrogens (tertiary/aromatic N) is 3. The minimum atomic E-state index is 0.398. The van der Waals surface area contributed by atoms with Gasteiger partial charge < -0.3 is 10.6 Å². The molecular weight excluding hydrogens is 256 g/mol. The third-order valence-electron chi connectivity index (χ3n) is 3.81. The van der Waals surface area contributed by atoms with Gasteiger partial charge in [0.25, 0.3) is 0 Å². The van der Waals surface area contributed by atoms with Crippen molar-refractivity contribution in [3.63, 3.8) is 0 Å². The van der Waals surface area contributed by atoms with E-state index in [-0.39, 0.29) is 0 Å². The fraction of sp³-hybridized carbons (Fsp3) is 0.571. The Labute approximate surface area is 120 Å². The molecule has 1 aromatic heterocycles. The molecule has 1 atom stereocenters. The van der Waals surface area contributed by atoms with Crippen molar-refractivity contribution in [1.82, 2.24) is 9.88 Å². The lowest BCUT2D eigenvalue weighted by atomic mass is 10.2. The van der Waals surface area contributed by atoms with Crippen LogP contribution in [0.4, 0.5) is 5.82 Å². The van der Waals surface area contributed by atoms with Gasteiger partial charge in [0.05, 0.1) is 0 Å². The van der Waals surface area contributed by atoms with E-state index in [4.69, 9.17) is 18.0 Å². The Balaban J connectivity index is 1.99. The van der Waals surface area contributed by atoms with Crippen molar-refractivity contribution in [3.8, 4) is 0 Å². The zero-order chi connectivity index (χ0) is 13.8. The maximum absolute atomic E-state index is 5.58. The molecule has 0 aromatic carbocycles. The molecule has 0 amide bonds. The predicted molar refractivity (Wildman–Crippen MR) is 83.7 cm³/mol. The molecule has 1 saturated heterocycles. The second-order valence-electron chi connectivity index (χ2n) is 5.07. The summed E-state index contributed by atoms with van der Waals surface area (Å²) in [6, 6.07) is 4.57. The van der Waals surface area contributed by atoms with Gasteiger partial charge in [-0.15, -0.1) is 0 Å². The molecule has 0 radical (unpaired) electrons. The molecule has 1 unspecified atom stereocenters. The highest BCUT2D eigenvalue weighted by molar-refractivity contribution is 7.80. The van der Waals surface area contributed by atoms with E-state index < -0.39 is 0 Å². The van der Waals surface area contributed by atoms with Gasteiger partial charge in [-0.05, 0) is 38.1 Å². The molecule has 104 valence electrons. The zero-order valence-electron chi connectivity index (χ0n) is 11.7. The van der Waals surface area contributed by atoms with Crippen LogP contribution in [0.1, 0.15) is 25.3 Å². The largest absolute Gasteiger partial charge is 0.389 e. The monoisotopic (exact) mass is 278 g/mol. The van der Waals surface area contributed by atoms with Crippen LogP contribution in [-0.2, 0) is 0 Å². The second-order valence-corrected chi connectivity index (χ2v) is 5.51. The van der Waals surface area contributed by atoms with Gasteiger partial charge in [0.15, 0.2) is 0 Å². The molecule has 0 bridgehead atoms. The van der Waals surface area contributed by atoms with Crippen molar-refractivity contribution in [2.24, 2.45) is 5.73 Å². The number of aromatic nitrogens is 1. The fourth-order valence-corrected chi connectivity index (χ4v) is 2.81. The molecule has 2 rings (SSSR count). The van der Waals surface area contributed by atoms with Gasteiger partial charge in [0, 0.05) is 31.4 Å². The van der Waals surface area contributed by atoms with Crippen LogP contribution in [0, 0.1) is 0 Å². The number of rotatable bonds is 5. The van der Waals surface area contributed by atoms with Gasteiger partial charge in [-0.25, -0.2) is 4.98 Å². The van der Waals surface area contributed by atoms with Crippen LogP contribution >= 0.6 is 12.2 Å². The Morgan fingerprint density at radius 3 is 2.95 bits per heavy atom. The topological polar surface area (TPSA) is 45.4 Å². The van der Waals surface area contributed by atoms with Crippen LogP contribution in [0.5, 0.6) is 0 Å². The average Bonchev–Trinajstić information content (AvgIpc) is 2.86. The Kier molecular flexibility index (Phi) is 4.71. The number of anilines is 1. The molecule has 2 heterocycles. The van der Waals surface area contributed by atoms with E-state index >= 15 is 0 Å². The quantitative estimate of drug-likeness (QED) is 0.830. The van der Waals surface area contributed by atoms with Gasteiger partial charge in [0.2, 0.25) is 0 Å². The van der Waals surface area contributed by atoms with Crippen molar-refractivity contribution in [2.45, 2.75) is 25.8 Å². The van der Waals surface area contributed by atoms with E-state index in [0.717, 1.165) is 24.5 Å². The van der Waals surface area contributed by atoms with Crippen molar-refractivity contribution in [2.75, 3.05) is 31.6 Å². The molecule has 1 aliphatic heterocycles. The third-order valence-corrected chi connectivity index (χ3v) is 4.05. The molecule has 1 fully saturated rings. The molecule has 0 saturated carbocycles. The lowest BCUT2D eigenvalue weighted by Gasteiger charge is -2.28. The first-order valence-corrected chi connectivity index (χ1v) is 7.23. The maximum Gasteiger partial charge on any atom is 0.128 e. The van der Waals surface area contributed by atoms with Gasteiger partial charge >= 0.3 is 0 Å². The number of likely N-dealkylation sites (N-methyl/N-ethyl adjacent to an activating group) is 2. The molecule has 1 aliphatic rings. The summed E-state index contributed by atoms with van der Waals surface area (Å²) >= 11 is 4.94. The molecule has 2 N–H and O–H groups in total. The highest BCUT2D eigenvalue weighted by Gasteiger charge is 2.24. The van der Waals surface area contributed by atoms with E-state index in [1.165, 1.54) is 19.4 Å². The number of hydrogen-bond donors (Lipinski definition) is 1. The van der Waals surface area contributed by atoms with Crippen LogP contribution in [0.3, 0.4) is 0 Å². The fourth-order valence-electron chi connectivity index (χ4n) is 2.69. The third kappa shape index (κ3) is 3.42. The summed E-state index contributed by atoms with van der Waals surface area (Å²) in [5, 5.41) is 0. The second kappa shape index (κ2) is 6.30. The minimum Gasteiger partial charge on any atom is -0.389 e. The predicted octanol–water partition coefficient (Wildman–Crippen LogP) is 1.64. The summed E-state index contributed by atoms with van der Waals surface area (Å²) in [7, 11) is 2.09. The van der Waals surface area contributed by atoms with E-state index in [2.05, 4.69) is 28.8 Å². The normalized spacial score (nSPS) is 19.6. The molecule has 4 nitrogen and oxygen atoms in total. The van der Waals surface area contributed by atoms with Crippen molar-refractivity contribution >= 4 is 23.0 Å². The van der Waals surface area contributed by atoms with Crippen molar-refractivity contribution in [3.05, 3.63) is 23.9 Å². The smallest absolute Gasteiger partial charge is 0.128 e. The summed E-state index contributed by atoms with van der Waals surface area (Å²) < 4.78 is 0. The molecule has 0 spiro atoms. The van der Waals surface area contributed by atoms with E-state index in [1.807, 2.05) is 12.1 Å². The van der Waals surface area contributed by atoms with E-state index in [9.17, 15) is 0 Å². The number of hydrogen-bond acceptors (Lipinski definition) is 4. The summed E-state index contributed by atoms with van der Waals surface area (Å²) in [4.78, 5) is 9.58. The van der Waals surface area contributed by atoms with Crippen LogP contribution in [0.15, 0.2) is 18.3 Å². The van der Waals surface area contributed by atoms with Crippen molar-refractivity contribution < 1.29 is 0 Å². The number of pyridine rings is 1. The molecule has 0 aliphatic carbocycles. The van der Waals surface area contributed by atoms with Crippen LogP contribution in [-0.4, -0.2) is 47.6 Å². The summed E-state index contributed by atoms with van der Waals surface area (Å²) in [6.45, 7) is 5.61. The minimum absolute atomic E-state index is 0.398. The lowest BCUT2D eigenvalue weighted by molar-refractivity contribution is 0.270. The number of nitrogens with two attached hydrogens (primary N) is 1. The maximum atomic E-state index is 5.58. The van der Waals surface area contributed by atoms with Crippen molar-refractivity contribution in [1.29, 1.82) is 0 Å². The number of thiocarbonyl (C=S) groups is 1.